The van der Waals surface area contributed by atoms with E-state index in [-0.39, 0.29) is 18.1 Å². The first kappa shape index (κ1) is 6.58. The third-order valence-electron chi connectivity index (χ3n) is 2.22. The number of hydrogen-bond donors (Lipinski definition) is 1. The van der Waals surface area contributed by atoms with Crippen molar-refractivity contribution in [3.63, 3.8) is 0 Å². The minimum Gasteiger partial charge on any atom is -0.390 e. The van der Waals surface area contributed by atoms with Gasteiger partial charge in [-0.05, 0) is 0 Å². The molecule has 2 aliphatic heterocycles. The maximum absolute atomic E-state index is 9.46. The van der Waals surface area contributed by atoms with Gasteiger partial charge in [0.05, 0.1) is 25.4 Å². The van der Waals surface area contributed by atoms with Crippen LogP contribution in [0.2, 0.25) is 0 Å². The Morgan fingerprint density at radius 3 is 2.20 bits per heavy atom. The lowest BCUT2D eigenvalue weighted by Crippen LogP contribution is -2.27. The lowest BCUT2D eigenvalue weighted by Gasteiger charge is -2.13. The fourth-order valence-corrected chi connectivity index (χ4v) is 1.17. The smallest absolute Gasteiger partial charge is 0.107 e. The molecule has 0 spiro atoms. The van der Waals surface area contributed by atoms with Crippen LogP contribution in [0.4, 0.5) is 0 Å². The number of hydrogen-bond acceptors (Lipinski definition) is 3. The summed E-state index contributed by atoms with van der Waals surface area (Å²) in [7, 11) is 0. The Bertz CT molecular complexity index is 113. The Morgan fingerprint density at radius 1 is 1.30 bits per heavy atom. The van der Waals surface area contributed by atoms with Gasteiger partial charge in [0.2, 0.25) is 0 Å². The van der Waals surface area contributed by atoms with Gasteiger partial charge in [-0.15, -0.1) is 0 Å². The van der Waals surface area contributed by atoms with Gasteiger partial charge in [-0.1, -0.05) is 6.92 Å². The molecule has 2 rings (SSSR count). The zero-order valence-corrected chi connectivity index (χ0v) is 5.99. The van der Waals surface area contributed by atoms with Crippen molar-refractivity contribution in [1.82, 2.24) is 0 Å². The maximum atomic E-state index is 9.46. The highest BCUT2D eigenvalue weighted by Crippen LogP contribution is 2.28. The van der Waals surface area contributed by atoms with E-state index in [0.29, 0.717) is 6.10 Å². The summed E-state index contributed by atoms with van der Waals surface area (Å²) in [6.45, 7) is 3.53. The quantitative estimate of drug-likeness (QED) is 0.557. The van der Waals surface area contributed by atoms with Gasteiger partial charge in [0, 0.05) is 5.92 Å². The Kier molecular flexibility index (Phi) is 1.44. The van der Waals surface area contributed by atoms with Crippen LogP contribution in [0.1, 0.15) is 6.92 Å². The minimum atomic E-state index is -0.313. The molecular formula is C7H12O3. The van der Waals surface area contributed by atoms with Gasteiger partial charge in [0.1, 0.15) is 6.10 Å². The SMILES string of the molecule is CC(C1CO1)C(O)C1CO1. The number of aliphatic hydroxyl groups excluding tert-OH is 1. The molecule has 2 saturated heterocycles. The molecule has 3 nitrogen and oxygen atoms in total. The Balaban J connectivity index is 1.83. The fourth-order valence-electron chi connectivity index (χ4n) is 1.17. The van der Waals surface area contributed by atoms with Crippen molar-refractivity contribution < 1.29 is 14.6 Å². The van der Waals surface area contributed by atoms with Crippen molar-refractivity contribution >= 4 is 0 Å². The summed E-state index contributed by atoms with van der Waals surface area (Å²) in [5, 5.41) is 9.46. The molecule has 3 heteroatoms. The van der Waals surface area contributed by atoms with E-state index in [1.807, 2.05) is 6.92 Å². The summed E-state index contributed by atoms with van der Waals surface area (Å²) in [5.41, 5.74) is 0. The first-order valence-electron chi connectivity index (χ1n) is 3.70. The number of aliphatic hydroxyl groups is 1. The molecule has 2 aliphatic rings. The van der Waals surface area contributed by atoms with E-state index >= 15 is 0 Å². The first-order valence-corrected chi connectivity index (χ1v) is 3.70. The van der Waals surface area contributed by atoms with E-state index in [1.165, 1.54) is 0 Å². The molecule has 58 valence electrons. The van der Waals surface area contributed by atoms with Crippen LogP contribution in [-0.2, 0) is 9.47 Å². The van der Waals surface area contributed by atoms with E-state index in [2.05, 4.69) is 0 Å². The highest BCUT2D eigenvalue weighted by molar-refractivity contribution is 4.89. The lowest BCUT2D eigenvalue weighted by atomic mass is 9.99. The van der Waals surface area contributed by atoms with Gasteiger partial charge >= 0.3 is 0 Å². The first-order chi connectivity index (χ1) is 4.79. The van der Waals surface area contributed by atoms with Crippen LogP contribution in [0.3, 0.4) is 0 Å². The molecular weight excluding hydrogens is 132 g/mol. The van der Waals surface area contributed by atoms with E-state index in [4.69, 9.17) is 9.47 Å². The molecule has 0 saturated carbocycles. The topological polar surface area (TPSA) is 45.3 Å². The second kappa shape index (κ2) is 2.19. The summed E-state index contributed by atoms with van der Waals surface area (Å²) in [6, 6.07) is 0. The van der Waals surface area contributed by atoms with Gasteiger partial charge in [0.15, 0.2) is 0 Å². The molecule has 1 N–H and O–H groups in total. The van der Waals surface area contributed by atoms with Crippen LogP contribution in [0.15, 0.2) is 0 Å². The molecule has 0 amide bonds. The highest BCUT2D eigenvalue weighted by atomic mass is 16.6. The molecule has 2 fully saturated rings. The Labute approximate surface area is 59.9 Å². The van der Waals surface area contributed by atoms with Crippen molar-refractivity contribution in [2.24, 2.45) is 5.92 Å². The summed E-state index contributed by atoms with van der Waals surface area (Å²) in [6.07, 6.45) is 0.0749. The third-order valence-corrected chi connectivity index (χ3v) is 2.22. The molecule has 0 radical (unpaired) electrons. The van der Waals surface area contributed by atoms with Crippen LogP contribution in [0.25, 0.3) is 0 Å². The minimum absolute atomic E-state index is 0.0965. The van der Waals surface area contributed by atoms with Crippen molar-refractivity contribution in [3.8, 4) is 0 Å². The standard InChI is InChI=1S/C7H12O3/c1-4(5-2-9-5)7(8)6-3-10-6/h4-8H,2-3H2,1H3. The highest BCUT2D eigenvalue weighted by Gasteiger charge is 2.42. The van der Waals surface area contributed by atoms with Crippen molar-refractivity contribution in [2.75, 3.05) is 13.2 Å². The molecule has 0 bridgehead atoms. The average molecular weight is 144 g/mol. The van der Waals surface area contributed by atoms with Crippen LogP contribution in [0, 0.1) is 5.92 Å². The molecule has 0 aromatic carbocycles. The molecule has 0 aromatic rings. The van der Waals surface area contributed by atoms with Gasteiger partial charge in [0.25, 0.3) is 0 Å². The van der Waals surface area contributed by atoms with Gasteiger partial charge in [-0.2, -0.15) is 0 Å². The summed E-state index contributed by atoms with van der Waals surface area (Å²) in [5.74, 6) is 0.243. The third kappa shape index (κ3) is 1.17. The summed E-state index contributed by atoms with van der Waals surface area (Å²) < 4.78 is 10.0. The molecule has 0 aliphatic carbocycles. The number of rotatable bonds is 3. The second-order valence-electron chi connectivity index (χ2n) is 3.09. The molecule has 2 heterocycles. The fraction of sp³-hybridized carbons (Fsp3) is 1.00. The largest absolute Gasteiger partial charge is 0.390 e. The predicted molar refractivity (Wildman–Crippen MR) is 34.7 cm³/mol. The maximum Gasteiger partial charge on any atom is 0.107 e. The second-order valence-corrected chi connectivity index (χ2v) is 3.09. The van der Waals surface area contributed by atoms with Crippen molar-refractivity contribution in [3.05, 3.63) is 0 Å². The molecule has 0 aromatic heterocycles. The predicted octanol–water partition coefficient (Wildman–Crippen LogP) is -0.219. The normalized spacial score (nSPS) is 42.6. The van der Waals surface area contributed by atoms with E-state index in [1.54, 1.807) is 0 Å². The molecule has 10 heavy (non-hydrogen) atoms. The van der Waals surface area contributed by atoms with Crippen LogP contribution >= 0.6 is 0 Å². The zero-order chi connectivity index (χ0) is 7.14. The van der Waals surface area contributed by atoms with Crippen molar-refractivity contribution in [2.45, 2.75) is 25.2 Å². The average Bonchev–Trinajstić information content (AvgIpc) is 2.73. The zero-order valence-electron chi connectivity index (χ0n) is 5.99. The summed E-state index contributed by atoms with van der Waals surface area (Å²) >= 11 is 0. The Hall–Kier alpha value is -0.120. The van der Waals surface area contributed by atoms with Gasteiger partial charge in [-0.25, -0.2) is 0 Å². The van der Waals surface area contributed by atoms with E-state index < -0.39 is 0 Å². The monoisotopic (exact) mass is 144 g/mol. The van der Waals surface area contributed by atoms with Gasteiger partial charge in [-0.3, -0.25) is 0 Å². The van der Waals surface area contributed by atoms with Gasteiger partial charge < -0.3 is 14.6 Å². The summed E-state index contributed by atoms with van der Waals surface area (Å²) in [4.78, 5) is 0. The number of ether oxygens (including phenoxy) is 2. The lowest BCUT2D eigenvalue weighted by molar-refractivity contribution is 0.0707. The van der Waals surface area contributed by atoms with Crippen LogP contribution < -0.4 is 0 Å². The molecule has 4 atom stereocenters. The number of epoxide rings is 2. The van der Waals surface area contributed by atoms with Crippen molar-refractivity contribution in [1.29, 1.82) is 0 Å². The van der Waals surface area contributed by atoms with E-state index in [9.17, 15) is 5.11 Å². The van der Waals surface area contributed by atoms with E-state index in [0.717, 1.165) is 13.2 Å². The molecule has 4 unspecified atom stereocenters. The Morgan fingerprint density at radius 2 is 1.80 bits per heavy atom. The van der Waals surface area contributed by atoms with Crippen LogP contribution in [0.5, 0.6) is 0 Å². The van der Waals surface area contributed by atoms with Crippen LogP contribution in [-0.4, -0.2) is 36.6 Å².